The van der Waals surface area contributed by atoms with Crippen molar-refractivity contribution in [2.75, 3.05) is 0 Å². The van der Waals surface area contributed by atoms with E-state index >= 15 is 0 Å². The second kappa shape index (κ2) is 3.96. The lowest BCUT2D eigenvalue weighted by molar-refractivity contribution is 1.29. The molecule has 60 valence electrons. The van der Waals surface area contributed by atoms with E-state index < -0.39 is 0 Å². The highest BCUT2D eigenvalue weighted by atomic mass is 14.0. The second-order valence-electron chi connectivity index (χ2n) is 2.84. The Kier molecular flexibility index (Phi) is 2.92. The van der Waals surface area contributed by atoms with Crippen LogP contribution in [0.15, 0.2) is 37.4 Å². The summed E-state index contributed by atoms with van der Waals surface area (Å²) in [5.74, 6) is 0. The summed E-state index contributed by atoms with van der Waals surface area (Å²) in [6.07, 6.45) is 4.75. The molecule has 1 heteroatoms. The SMILES string of the molecule is Bc1cccc(C=C)c1CC=C. The summed E-state index contributed by atoms with van der Waals surface area (Å²) in [4.78, 5) is 0. The average molecular weight is 156 g/mol. The van der Waals surface area contributed by atoms with Crippen LogP contribution in [0.3, 0.4) is 0 Å². The topological polar surface area (TPSA) is 0 Å². The molecular weight excluding hydrogens is 143 g/mol. The van der Waals surface area contributed by atoms with Gasteiger partial charge in [-0.1, -0.05) is 42.4 Å². The lowest BCUT2D eigenvalue weighted by Gasteiger charge is -2.06. The molecule has 0 saturated heterocycles. The summed E-state index contributed by atoms with van der Waals surface area (Å²) in [7, 11) is 2.12. The van der Waals surface area contributed by atoms with Gasteiger partial charge in [-0.3, -0.25) is 0 Å². The van der Waals surface area contributed by atoms with E-state index in [4.69, 9.17) is 0 Å². The summed E-state index contributed by atoms with van der Waals surface area (Å²) >= 11 is 0. The predicted octanol–water partition coefficient (Wildman–Crippen LogP) is 1.32. The van der Waals surface area contributed by atoms with Crippen LogP contribution in [0.5, 0.6) is 0 Å². The molecule has 0 amide bonds. The Morgan fingerprint density at radius 3 is 2.67 bits per heavy atom. The second-order valence-corrected chi connectivity index (χ2v) is 2.84. The van der Waals surface area contributed by atoms with Gasteiger partial charge < -0.3 is 0 Å². The van der Waals surface area contributed by atoms with E-state index in [0.717, 1.165) is 6.42 Å². The molecule has 0 unspecified atom stereocenters. The third-order valence-corrected chi connectivity index (χ3v) is 2.01. The number of allylic oxidation sites excluding steroid dienone is 1. The van der Waals surface area contributed by atoms with Gasteiger partial charge in [0.25, 0.3) is 0 Å². The van der Waals surface area contributed by atoms with Crippen LogP contribution < -0.4 is 5.46 Å². The van der Waals surface area contributed by atoms with E-state index in [1.807, 2.05) is 12.2 Å². The van der Waals surface area contributed by atoms with Crippen molar-refractivity contribution in [1.29, 1.82) is 0 Å². The number of hydrogen-bond acceptors (Lipinski definition) is 0. The van der Waals surface area contributed by atoms with Crippen molar-refractivity contribution in [3.63, 3.8) is 0 Å². The van der Waals surface area contributed by atoms with Crippen LogP contribution in [0.2, 0.25) is 0 Å². The molecule has 0 atom stereocenters. The van der Waals surface area contributed by atoms with Crippen molar-refractivity contribution >= 4 is 19.4 Å². The highest BCUT2D eigenvalue weighted by Gasteiger charge is 1.99. The molecule has 0 N–H and O–H groups in total. The van der Waals surface area contributed by atoms with Gasteiger partial charge in [0.1, 0.15) is 7.85 Å². The van der Waals surface area contributed by atoms with Crippen LogP contribution in [-0.4, -0.2) is 7.85 Å². The normalized spacial score (nSPS) is 9.33. The summed E-state index contributed by atoms with van der Waals surface area (Å²) in [5, 5.41) is 0. The molecule has 12 heavy (non-hydrogen) atoms. The zero-order valence-corrected chi connectivity index (χ0v) is 7.51. The monoisotopic (exact) mass is 156 g/mol. The minimum atomic E-state index is 0.925. The van der Waals surface area contributed by atoms with Crippen molar-refractivity contribution in [2.24, 2.45) is 0 Å². The lowest BCUT2D eigenvalue weighted by Crippen LogP contribution is -2.10. The summed E-state index contributed by atoms with van der Waals surface area (Å²) < 4.78 is 0. The Bertz CT molecular complexity index is 300. The van der Waals surface area contributed by atoms with Crippen LogP contribution in [0.1, 0.15) is 11.1 Å². The molecular formula is C11H13B. The molecule has 0 aliphatic heterocycles. The number of benzene rings is 1. The first kappa shape index (κ1) is 8.86. The van der Waals surface area contributed by atoms with Gasteiger partial charge in [-0.25, -0.2) is 0 Å². The summed E-state index contributed by atoms with van der Waals surface area (Å²) in [6, 6.07) is 6.25. The number of rotatable bonds is 3. The molecule has 0 radical (unpaired) electrons. The molecule has 0 fully saturated rings. The molecule has 1 aromatic carbocycles. The van der Waals surface area contributed by atoms with E-state index in [9.17, 15) is 0 Å². The van der Waals surface area contributed by atoms with E-state index in [-0.39, 0.29) is 0 Å². The van der Waals surface area contributed by atoms with Crippen LogP contribution in [-0.2, 0) is 6.42 Å². The molecule has 0 nitrogen and oxygen atoms in total. The van der Waals surface area contributed by atoms with Crippen molar-refractivity contribution in [2.45, 2.75) is 6.42 Å². The van der Waals surface area contributed by atoms with Crippen molar-refractivity contribution in [3.05, 3.63) is 48.6 Å². The molecule has 0 bridgehead atoms. The van der Waals surface area contributed by atoms with Gasteiger partial charge in [0.05, 0.1) is 0 Å². The fraction of sp³-hybridized carbons (Fsp3) is 0.0909. The van der Waals surface area contributed by atoms with Gasteiger partial charge >= 0.3 is 0 Å². The molecule has 0 spiro atoms. The smallest absolute Gasteiger partial charge is 0.103 e. The summed E-state index contributed by atoms with van der Waals surface area (Å²) in [6.45, 7) is 7.52. The first-order valence-electron chi connectivity index (χ1n) is 4.11. The maximum atomic E-state index is 3.78. The molecule has 1 rings (SSSR count). The summed E-state index contributed by atoms with van der Waals surface area (Å²) in [5.41, 5.74) is 3.87. The molecule has 0 aliphatic carbocycles. The Hall–Kier alpha value is -1.24. The lowest BCUT2D eigenvalue weighted by atomic mass is 9.86. The van der Waals surface area contributed by atoms with Crippen LogP contribution in [0, 0.1) is 0 Å². The fourth-order valence-corrected chi connectivity index (χ4v) is 1.34. The fourth-order valence-electron chi connectivity index (χ4n) is 1.34. The zero-order valence-electron chi connectivity index (χ0n) is 7.51. The molecule has 0 aliphatic rings. The minimum Gasteiger partial charge on any atom is -0.103 e. The average Bonchev–Trinajstić information content (AvgIpc) is 2.09. The van der Waals surface area contributed by atoms with Crippen LogP contribution >= 0.6 is 0 Å². The maximum Gasteiger partial charge on any atom is 0.139 e. The maximum absolute atomic E-state index is 3.78. The van der Waals surface area contributed by atoms with Gasteiger partial charge in [-0.05, 0) is 17.5 Å². The largest absolute Gasteiger partial charge is 0.139 e. The third kappa shape index (κ3) is 1.67. The van der Waals surface area contributed by atoms with Gasteiger partial charge in [-0.2, -0.15) is 0 Å². The van der Waals surface area contributed by atoms with Gasteiger partial charge in [0.15, 0.2) is 0 Å². The van der Waals surface area contributed by atoms with Crippen molar-refractivity contribution < 1.29 is 0 Å². The minimum absolute atomic E-state index is 0.925. The van der Waals surface area contributed by atoms with E-state index in [1.165, 1.54) is 16.6 Å². The quantitative estimate of drug-likeness (QED) is 0.457. The molecule has 0 saturated carbocycles. The van der Waals surface area contributed by atoms with E-state index in [2.05, 4.69) is 39.2 Å². The Balaban J connectivity index is 3.18. The van der Waals surface area contributed by atoms with Crippen molar-refractivity contribution in [3.8, 4) is 0 Å². The predicted molar refractivity (Wildman–Crippen MR) is 58.6 cm³/mol. The van der Waals surface area contributed by atoms with Crippen LogP contribution in [0.4, 0.5) is 0 Å². The first-order valence-corrected chi connectivity index (χ1v) is 4.11. The third-order valence-electron chi connectivity index (χ3n) is 2.01. The zero-order chi connectivity index (χ0) is 8.97. The first-order chi connectivity index (χ1) is 5.79. The molecule has 0 aromatic heterocycles. The molecule has 1 aromatic rings. The van der Waals surface area contributed by atoms with Crippen molar-refractivity contribution in [1.82, 2.24) is 0 Å². The molecule has 0 heterocycles. The number of hydrogen-bond donors (Lipinski definition) is 0. The van der Waals surface area contributed by atoms with Crippen LogP contribution in [0.25, 0.3) is 6.08 Å². The van der Waals surface area contributed by atoms with E-state index in [0.29, 0.717) is 0 Å². The van der Waals surface area contributed by atoms with Gasteiger partial charge in [0, 0.05) is 0 Å². The van der Waals surface area contributed by atoms with Gasteiger partial charge in [-0.15, -0.1) is 6.58 Å². The highest BCUT2D eigenvalue weighted by Crippen LogP contribution is 2.08. The highest BCUT2D eigenvalue weighted by molar-refractivity contribution is 6.33. The Morgan fingerprint density at radius 1 is 1.33 bits per heavy atom. The van der Waals surface area contributed by atoms with Gasteiger partial charge in [0.2, 0.25) is 0 Å². The van der Waals surface area contributed by atoms with E-state index in [1.54, 1.807) is 0 Å². The Labute approximate surface area is 75.0 Å². The Morgan fingerprint density at radius 2 is 2.08 bits per heavy atom. The standard InChI is InChI=1S/C11H13B/c1-3-6-10-9(4-2)7-5-8-11(10)12/h3-5,7-8H,1-2,6,12H2.